The molecule has 2 rings (SSSR count). The number of hydrogen-bond acceptors (Lipinski definition) is 3. The van der Waals surface area contributed by atoms with E-state index >= 15 is 0 Å². The van der Waals surface area contributed by atoms with Crippen LogP contribution in [0.5, 0.6) is 0 Å². The van der Waals surface area contributed by atoms with Gasteiger partial charge in [-0.2, -0.15) is 0 Å². The Morgan fingerprint density at radius 2 is 1.88 bits per heavy atom. The third kappa shape index (κ3) is 1.95. The fraction of sp³-hybridized carbons (Fsp3) is 0.462. The molecule has 3 heteroatoms. The molecule has 1 aliphatic heterocycles. The Bertz CT molecular complexity index is 406. The van der Waals surface area contributed by atoms with Gasteiger partial charge in [-0.3, -0.25) is 0 Å². The van der Waals surface area contributed by atoms with E-state index in [4.69, 9.17) is 4.84 Å². The van der Waals surface area contributed by atoms with Gasteiger partial charge in [0.1, 0.15) is 0 Å². The van der Waals surface area contributed by atoms with Gasteiger partial charge < -0.3 is 9.94 Å². The second kappa shape index (κ2) is 3.59. The molecule has 0 bridgehead atoms. The standard InChI is InChI=1S/C13H17NO2/c1-12(2,3)11-9-13(15,16-14-11)10-7-5-4-6-8-10/h4-8,15H,9H2,1-3H3/t13-/m0/s1. The zero-order valence-corrected chi connectivity index (χ0v) is 9.90. The van der Waals surface area contributed by atoms with Crippen molar-refractivity contribution in [2.24, 2.45) is 10.6 Å². The van der Waals surface area contributed by atoms with Crippen LogP contribution in [0.1, 0.15) is 32.8 Å². The van der Waals surface area contributed by atoms with Crippen LogP contribution in [0.15, 0.2) is 35.5 Å². The Morgan fingerprint density at radius 3 is 2.38 bits per heavy atom. The van der Waals surface area contributed by atoms with Crippen molar-refractivity contribution in [1.29, 1.82) is 0 Å². The highest BCUT2D eigenvalue weighted by atomic mass is 16.7. The number of aliphatic hydroxyl groups is 1. The molecule has 86 valence electrons. The molecule has 3 nitrogen and oxygen atoms in total. The van der Waals surface area contributed by atoms with Crippen molar-refractivity contribution >= 4 is 5.71 Å². The molecule has 0 aromatic heterocycles. The van der Waals surface area contributed by atoms with Crippen LogP contribution >= 0.6 is 0 Å². The summed E-state index contributed by atoms with van der Waals surface area (Å²) < 4.78 is 0. The minimum absolute atomic E-state index is 0.0702. The van der Waals surface area contributed by atoms with Crippen molar-refractivity contribution in [3.63, 3.8) is 0 Å². The van der Waals surface area contributed by atoms with Crippen LogP contribution < -0.4 is 0 Å². The molecule has 1 aliphatic rings. The first-order valence-electron chi connectivity index (χ1n) is 5.45. The minimum Gasteiger partial charge on any atom is -0.355 e. The van der Waals surface area contributed by atoms with Gasteiger partial charge in [0, 0.05) is 11.0 Å². The third-order valence-electron chi connectivity index (χ3n) is 2.80. The molecule has 16 heavy (non-hydrogen) atoms. The molecule has 1 aromatic rings. The molecule has 1 heterocycles. The first-order chi connectivity index (χ1) is 7.42. The van der Waals surface area contributed by atoms with Crippen LogP contribution in [0.2, 0.25) is 0 Å². The van der Waals surface area contributed by atoms with Gasteiger partial charge in [-0.25, -0.2) is 0 Å². The number of rotatable bonds is 1. The van der Waals surface area contributed by atoms with Crippen LogP contribution in [-0.2, 0) is 10.6 Å². The van der Waals surface area contributed by atoms with Gasteiger partial charge >= 0.3 is 0 Å². The maximum atomic E-state index is 10.4. The molecule has 0 saturated heterocycles. The molecule has 0 aliphatic carbocycles. The van der Waals surface area contributed by atoms with Crippen molar-refractivity contribution < 1.29 is 9.94 Å². The summed E-state index contributed by atoms with van der Waals surface area (Å²) in [5.74, 6) is -1.29. The molecule has 1 N–H and O–H groups in total. The second-order valence-corrected chi connectivity index (χ2v) is 5.21. The summed E-state index contributed by atoms with van der Waals surface area (Å²) >= 11 is 0. The van der Waals surface area contributed by atoms with E-state index in [0.29, 0.717) is 6.42 Å². The quantitative estimate of drug-likeness (QED) is 0.789. The normalized spacial score (nSPS) is 25.1. The van der Waals surface area contributed by atoms with E-state index in [1.807, 2.05) is 30.3 Å². The maximum Gasteiger partial charge on any atom is 0.266 e. The predicted octanol–water partition coefficient (Wildman–Crippen LogP) is 2.65. The molecule has 0 saturated carbocycles. The Kier molecular flexibility index (Phi) is 2.50. The number of benzene rings is 1. The molecule has 1 aromatic carbocycles. The van der Waals surface area contributed by atoms with Crippen molar-refractivity contribution in [2.45, 2.75) is 33.0 Å². The molecule has 1 atom stereocenters. The van der Waals surface area contributed by atoms with Crippen molar-refractivity contribution in [1.82, 2.24) is 0 Å². The van der Waals surface area contributed by atoms with Gasteiger partial charge in [-0.1, -0.05) is 56.3 Å². The lowest BCUT2D eigenvalue weighted by atomic mass is 9.85. The SMILES string of the molecule is CC(C)(C)C1=NO[C@](O)(c2ccccc2)C1. The van der Waals surface area contributed by atoms with E-state index in [1.54, 1.807) is 0 Å². The van der Waals surface area contributed by atoms with E-state index in [1.165, 1.54) is 0 Å². The van der Waals surface area contributed by atoms with Gasteiger partial charge in [0.05, 0.1) is 12.1 Å². The van der Waals surface area contributed by atoms with Crippen LogP contribution in [0.25, 0.3) is 0 Å². The summed E-state index contributed by atoms with van der Waals surface area (Å²) in [4.78, 5) is 5.21. The number of nitrogens with zero attached hydrogens (tertiary/aromatic N) is 1. The smallest absolute Gasteiger partial charge is 0.266 e. The zero-order valence-electron chi connectivity index (χ0n) is 9.90. The van der Waals surface area contributed by atoms with Crippen LogP contribution in [0, 0.1) is 5.41 Å². The topological polar surface area (TPSA) is 41.8 Å². The summed E-state index contributed by atoms with van der Waals surface area (Å²) in [6, 6.07) is 9.37. The zero-order chi connectivity index (χ0) is 11.8. The molecule has 0 fully saturated rings. The molecular weight excluding hydrogens is 202 g/mol. The fourth-order valence-corrected chi connectivity index (χ4v) is 1.68. The first kappa shape index (κ1) is 11.1. The second-order valence-electron chi connectivity index (χ2n) is 5.21. The molecule has 0 spiro atoms. The van der Waals surface area contributed by atoms with Crippen molar-refractivity contribution in [2.75, 3.05) is 0 Å². The van der Waals surface area contributed by atoms with Crippen LogP contribution in [-0.4, -0.2) is 10.8 Å². The molecular formula is C13H17NO2. The lowest BCUT2D eigenvalue weighted by Gasteiger charge is -2.22. The van der Waals surface area contributed by atoms with E-state index < -0.39 is 5.79 Å². The maximum absolute atomic E-state index is 10.4. The molecule has 0 unspecified atom stereocenters. The van der Waals surface area contributed by atoms with Crippen molar-refractivity contribution in [3.8, 4) is 0 Å². The highest BCUT2D eigenvalue weighted by Gasteiger charge is 2.41. The third-order valence-corrected chi connectivity index (χ3v) is 2.80. The summed E-state index contributed by atoms with van der Waals surface area (Å²) in [5.41, 5.74) is 1.57. The minimum atomic E-state index is -1.29. The Balaban J connectivity index is 2.22. The molecule has 0 radical (unpaired) electrons. The number of oxime groups is 1. The average molecular weight is 219 g/mol. The lowest BCUT2D eigenvalue weighted by Crippen LogP contribution is -2.28. The van der Waals surface area contributed by atoms with E-state index in [-0.39, 0.29) is 5.41 Å². The Labute approximate surface area is 95.7 Å². The van der Waals surface area contributed by atoms with Gasteiger partial charge in [-0.05, 0) is 0 Å². The Hall–Kier alpha value is -1.35. The van der Waals surface area contributed by atoms with Gasteiger partial charge in [-0.15, -0.1) is 0 Å². The highest BCUT2D eigenvalue weighted by Crippen LogP contribution is 2.36. The molecule has 0 amide bonds. The van der Waals surface area contributed by atoms with Crippen molar-refractivity contribution in [3.05, 3.63) is 35.9 Å². The van der Waals surface area contributed by atoms with Gasteiger partial charge in [0.15, 0.2) is 0 Å². The predicted molar refractivity (Wildman–Crippen MR) is 62.9 cm³/mol. The van der Waals surface area contributed by atoms with Crippen LogP contribution in [0.3, 0.4) is 0 Å². The summed E-state index contributed by atoms with van der Waals surface area (Å²) in [6.07, 6.45) is 0.431. The van der Waals surface area contributed by atoms with E-state index in [2.05, 4.69) is 25.9 Å². The largest absolute Gasteiger partial charge is 0.355 e. The van der Waals surface area contributed by atoms with E-state index in [0.717, 1.165) is 11.3 Å². The van der Waals surface area contributed by atoms with Crippen LogP contribution in [0.4, 0.5) is 0 Å². The monoisotopic (exact) mass is 219 g/mol. The van der Waals surface area contributed by atoms with Gasteiger partial charge in [0.2, 0.25) is 0 Å². The summed E-state index contributed by atoms with van der Waals surface area (Å²) in [6.45, 7) is 6.18. The lowest BCUT2D eigenvalue weighted by molar-refractivity contribution is -0.193. The summed E-state index contributed by atoms with van der Waals surface area (Å²) in [7, 11) is 0. The van der Waals surface area contributed by atoms with Gasteiger partial charge in [0.25, 0.3) is 5.79 Å². The van der Waals surface area contributed by atoms with E-state index in [9.17, 15) is 5.11 Å². The average Bonchev–Trinajstić information content (AvgIpc) is 2.63. The first-order valence-corrected chi connectivity index (χ1v) is 5.45. The summed E-state index contributed by atoms with van der Waals surface area (Å²) in [5, 5.41) is 14.4. The Morgan fingerprint density at radius 1 is 1.25 bits per heavy atom. The highest BCUT2D eigenvalue weighted by molar-refractivity contribution is 5.90. The number of hydrogen-bond donors (Lipinski definition) is 1. The fourth-order valence-electron chi connectivity index (χ4n) is 1.68.